The third-order valence-corrected chi connectivity index (χ3v) is 2.87. The number of halogens is 1. The van der Waals surface area contributed by atoms with Crippen LogP contribution >= 0.6 is 0 Å². The molecule has 0 fully saturated rings. The van der Waals surface area contributed by atoms with E-state index in [1.807, 2.05) is 0 Å². The Labute approximate surface area is 124 Å². The number of unbranched alkanes of at least 4 members (excludes halogenated alkanes) is 1. The zero-order valence-electron chi connectivity index (χ0n) is 12.4. The van der Waals surface area contributed by atoms with Crippen molar-refractivity contribution in [1.82, 2.24) is 0 Å². The van der Waals surface area contributed by atoms with Crippen molar-refractivity contribution in [2.45, 2.75) is 32.8 Å². The lowest BCUT2D eigenvalue weighted by atomic mass is 10.1. The molecule has 0 saturated carbocycles. The molecule has 0 radical (unpaired) electrons. The highest BCUT2D eigenvalue weighted by Gasteiger charge is 2.12. The molecule has 0 bridgehead atoms. The molecule has 2 N–H and O–H groups in total. The van der Waals surface area contributed by atoms with Crippen LogP contribution < -0.4 is 4.74 Å². The first-order valence-corrected chi connectivity index (χ1v) is 6.95. The Morgan fingerprint density at radius 2 is 2.14 bits per heavy atom. The molecule has 1 aromatic carbocycles. The molecule has 1 rings (SSSR count). The number of aliphatic hydroxyl groups is 1. The molecule has 0 saturated heterocycles. The average Bonchev–Trinajstić information content (AvgIpc) is 2.49. The first-order chi connectivity index (χ1) is 10.1. The number of hydrogen-bond acceptors (Lipinski definition) is 5. The molecule has 0 spiro atoms. The van der Waals surface area contributed by atoms with Crippen LogP contribution in [0.1, 0.15) is 32.3 Å². The highest BCUT2D eigenvalue weighted by Crippen LogP contribution is 2.21. The van der Waals surface area contributed by atoms with E-state index in [1.165, 1.54) is 25.1 Å². The molecule has 1 unspecified atom stereocenters. The van der Waals surface area contributed by atoms with Crippen molar-refractivity contribution in [3.63, 3.8) is 0 Å². The monoisotopic (exact) mass is 299 g/mol. The summed E-state index contributed by atoms with van der Waals surface area (Å²) in [4.78, 5) is 0. The summed E-state index contributed by atoms with van der Waals surface area (Å²) in [6, 6.07) is 3.89. The Kier molecular flexibility index (Phi) is 7.71. The Hall–Kier alpha value is -1.66. The summed E-state index contributed by atoms with van der Waals surface area (Å²) in [6.07, 6.45) is 1.21. The van der Waals surface area contributed by atoms with Gasteiger partial charge in [0.05, 0.1) is 12.3 Å². The van der Waals surface area contributed by atoms with Crippen molar-refractivity contribution in [3.8, 4) is 5.75 Å². The van der Waals surface area contributed by atoms with Crippen LogP contribution in [0.4, 0.5) is 4.39 Å². The summed E-state index contributed by atoms with van der Waals surface area (Å²) in [5, 5.41) is 21.6. The van der Waals surface area contributed by atoms with Gasteiger partial charge in [0.15, 0.2) is 0 Å². The molecule has 0 aliphatic heterocycles. The SMILES string of the molecule is CCCCOCC(O)COc1ccc(F)cc1/C(C)=N/O. The molecule has 0 aliphatic carbocycles. The van der Waals surface area contributed by atoms with E-state index in [9.17, 15) is 9.50 Å². The van der Waals surface area contributed by atoms with E-state index in [0.717, 1.165) is 12.8 Å². The summed E-state index contributed by atoms with van der Waals surface area (Å²) in [6.45, 7) is 4.40. The predicted octanol–water partition coefficient (Wildman–Crippen LogP) is 2.58. The molecule has 118 valence electrons. The molecule has 1 aromatic rings. The lowest BCUT2D eigenvalue weighted by Gasteiger charge is -2.15. The largest absolute Gasteiger partial charge is 0.490 e. The normalized spacial score (nSPS) is 13.2. The molecule has 0 amide bonds. The number of aliphatic hydroxyl groups excluding tert-OH is 1. The van der Waals surface area contributed by atoms with Crippen molar-refractivity contribution in [3.05, 3.63) is 29.6 Å². The van der Waals surface area contributed by atoms with Crippen LogP contribution in [0.2, 0.25) is 0 Å². The van der Waals surface area contributed by atoms with Gasteiger partial charge in [0, 0.05) is 12.2 Å². The highest BCUT2D eigenvalue weighted by molar-refractivity contribution is 6.00. The van der Waals surface area contributed by atoms with E-state index in [0.29, 0.717) is 17.9 Å². The van der Waals surface area contributed by atoms with Crippen LogP contribution in [-0.4, -0.2) is 42.0 Å². The number of hydrogen-bond donors (Lipinski definition) is 2. The highest BCUT2D eigenvalue weighted by atomic mass is 19.1. The fourth-order valence-electron chi connectivity index (χ4n) is 1.66. The van der Waals surface area contributed by atoms with Gasteiger partial charge in [0.2, 0.25) is 0 Å². The van der Waals surface area contributed by atoms with Crippen LogP contribution in [0, 0.1) is 5.82 Å². The van der Waals surface area contributed by atoms with Gasteiger partial charge in [-0.05, 0) is 31.5 Å². The van der Waals surface area contributed by atoms with Gasteiger partial charge >= 0.3 is 0 Å². The van der Waals surface area contributed by atoms with E-state index in [4.69, 9.17) is 14.7 Å². The molecular weight excluding hydrogens is 277 g/mol. The Morgan fingerprint density at radius 3 is 2.81 bits per heavy atom. The van der Waals surface area contributed by atoms with Gasteiger partial charge in [-0.25, -0.2) is 4.39 Å². The maximum Gasteiger partial charge on any atom is 0.128 e. The second kappa shape index (κ2) is 9.31. The minimum Gasteiger partial charge on any atom is -0.490 e. The van der Waals surface area contributed by atoms with Crippen molar-refractivity contribution in [2.75, 3.05) is 19.8 Å². The molecule has 6 heteroatoms. The summed E-state index contributed by atoms with van der Waals surface area (Å²) >= 11 is 0. The van der Waals surface area contributed by atoms with E-state index in [1.54, 1.807) is 0 Å². The van der Waals surface area contributed by atoms with Crippen LogP contribution in [-0.2, 0) is 4.74 Å². The quantitative estimate of drug-likeness (QED) is 0.318. The molecule has 1 atom stereocenters. The Balaban J connectivity index is 2.55. The van der Waals surface area contributed by atoms with E-state index < -0.39 is 11.9 Å². The number of oxime groups is 1. The zero-order valence-corrected chi connectivity index (χ0v) is 12.4. The first kappa shape index (κ1) is 17.4. The predicted molar refractivity (Wildman–Crippen MR) is 77.6 cm³/mol. The van der Waals surface area contributed by atoms with Gasteiger partial charge in [0.1, 0.15) is 24.3 Å². The van der Waals surface area contributed by atoms with Gasteiger partial charge in [0.25, 0.3) is 0 Å². The number of nitrogens with zero attached hydrogens (tertiary/aromatic N) is 1. The molecule has 0 heterocycles. The van der Waals surface area contributed by atoms with Crippen molar-refractivity contribution in [2.24, 2.45) is 5.16 Å². The topological polar surface area (TPSA) is 71.3 Å². The fourth-order valence-corrected chi connectivity index (χ4v) is 1.66. The lowest BCUT2D eigenvalue weighted by molar-refractivity contribution is 0.0112. The minimum absolute atomic E-state index is 0.0173. The minimum atomic E-state index is -0.772. The van der Waals surface area contributed by atoms with Gasteiger partial charge in [-0.3, -0.25) is 0 Å². The van der Waals surface area contributed by atoms with Crippen molar-refractivity contribution in [1.29, 1.82) is 0 Å². The van der Waals surface area contributed by atoms with Crippen LogP contribution in [0.15, 0.2) is 23.4 Å². The molecule has 0 aromatic heterocycles. The fraction of sp³-hybridized carbons (Fsp3) is 0.533. The molecule has 21 heavy (non-hydrogen) atoms. The van der Waals surface area contributed by atoms with Crippen molar-refractivity contribution < 1.29 is 24.2 Å². The molecule has 5 nitrogen and oxygen atoms in total. The van der Waals surface area contributed by atoms with E-state index >= 15 is 0 Å². The van der Waals surface area contributed by atoms with Gasteiger partial charge in [-0.1, -0.05) is 18.5 Å². The van der Waals surface area contributed by atoms with Crippen LogP contribution in [0.3, 0.4) is 0 Å². The van der Waals surface area contributed by atoms with Crippen LogP contribution in [0.5, 0.6) is 5.75 Å². The number of benzene rings is 1. The first-order valence-electron chi connectivity index (χ1n) is 6.95. The third kappa shape index (κ3) is 6.10. The van der Waals surface area contributed by atoms with Gasteiger partial charge < -0.3 is 19.8 Å². The maximum atomic E-state index is 13.2. The third-order valence-electron chi connectivity index (χ3n) is 2.87. The summed E-state index contributed by atoms with van der Waals surface area (Å²) in [7, 11) is 0. The summed E-state index contributed by atoms with van der Waals surface area (Å²) in [5.74, 6) is -0.108. The van der Waals surface area contributed by atoms with Crippen LogP contribution in [0.25, 0.3) is 0 Å². The second-order valence-corrected chi connectivity index (χ2v) is 4.72. The molecule has 0 aliphatic rings. The van der Waals surface area contributed by atoms with E-state index in [2.05, 4.69) is 12.1 Å². The van der Waals surface area contributed by atoms with Gasteiger partial charge in [-0.15, -0.1) is 0 Å². The smallest absolute Gasteiger partial charge is 0.128 e. The Bertz CT molecular complexity index is 465. The number of rotatable bonds is 9. The lowest BCUT2D eigenvalue weighted by Crippen LogP contribution is -2.24. The summed E-state index contributed by atoms with van der Waals surface area (Å²) < 4.78 is 24.0. The average molecular weight is 299 g/mol. The summed E-state index contributed by atoms with van der Waals surface area (Å²) in [5.41, 5.74) is 0.579. The van der Waals surface area contributed by atoms with E-state index in [-0.39, 0.29) is 18.9 Å². The van der Waals surface area contributed by atoms with Crippen molar-refractivity contribution >= 4 is 5.71 Å². The standard InChI is InChI=1S/C15H22FNO4/c1-3-4-7-20-9-13(18)10-21-15-6-5-12(16)8-14(15)11(2)17-19/h5-6,8,13,18-19H,3-4,7,9-10H2,1-2H3/b17-11+. The maximum absolute atomic E-state index is 13.2. The van der Waals surface area contributed by atoms with Gasteiger partial charge in [-0.2, -0.15) is 0 Å². The molecular formula is C15H22FNO4. The number of ether oxygens (including phenoxy) is 2. The zero-order chi connectivity index (χ0) is 15.7. The Morgan fingerprint density at radius 1 is 1.38 bits per heavy atom. The second-order valence-electron chi connectivity index (χ2n) is 4.72.